The fourth-order valence-corrected chi connectivity index (χ4v) is 3.38. The van der Waals surface area contributed by atoms with Gasteiger partial charge in [-0.1, -0.05) is 54.1 Å². The van der Waals surface area contributed by atoms with Gasteiger partial charge in [-0.25, -0.2) is 4.98 Å². The topological polar surface area (TPSA) is 12.9 Å². The Bertz CT molecular complexity index is 692. The second-order valence-corrected chi connectivity index (χ2v) is 6.84. The fraction of sp³-hybridized carbons (Fsp3) is 0. The van der Waals surface area contributed by atoms with Gasteiger partial charge in [0.15, 0.2) is 4.47 Å². The minimum absolute atomic E-state index is 0.576. The van der Waals surface area contributed by atoms with Gasteiger partial charge in [-0.2, -0.15) is 0 Å². The van der Waals surface area contributed by atoms with Crippen LogP contribution in [0, 0.1) is 3.57 Å². The first-order valence-corrected chi connectivity index (χ1v) is 7.99. The monoisotopic (exact) mass is 397 g/mol. The van der Waals surface area contributed by atoms with Crippen LogP contribution in [0.3, 0.4) is 0 Å². The van der Waals surface area contributed by atoms with Crippen molar-refractivity contribution < 1.29 is 0 Å². The van der Waals surface area contributed by atoms with Gasteiger partial charge in [0.05, 0.1) is 10.6 Å². The van der Waals surface area contributed by atoms with E-state index < -0.39 is 0 Å². The molecule has 94 valence electrons. The molecule has 0 aliphatic heterocycles. The number of rotatable bonds is 2. The first-order chi connectivity index (χ1) is 9.24. The van der Waals surface area contributed by atoms with Crippen molar-refractivity contribution in [2.75, 3.05) is 0 Å². The van der Waals surface area contributed by atoms with Crippen molar-refractivity contribution in [1.82, 2.24) is 4.98 Å². The Morgan fingerprint density at radius 1 is 0.895 bits per heavy atom. The van der Waals surface area contributed by atoms with Crippen molar-refractivity contribution in [2.45, 2.75) is 0 Å². The molecule has 0 atom stereocenters. The summed E-state index contributed by atoms with van der Waals surface area (Å²) in [4.78, 5) is 5.58. The summed E-state index contributed by atoms with van der Waals surface area (Å²) in [6, 6.07) is 18.6. The largest absolute Gasteiger partial charge is 0.224 e. The highest BCUT2D eigenvalue weighted by Gasteiger charge is 2.13. The van der Waals surface area contributed by atoms with Crippen molar-refractivity contribution in [3.63, 3.8) is 0 Å². The third-order valence-corrected chi connectivity index (χ3v) is 4.68. The van der Waals surface area contributed by atoms with Gasteiger partial charge in [0.1, 0.15) is 0 Å². The van der Waals surface area contributed by atoms with E-state index in [1.807, 2.05) is 18.2 Å². The highest BCUT2D eigenvalue weighted by molar-refractivity contribution is 14.1. The van der Waals surface area contributed by atoms with E-state index in [1.54, 1.807) is 0 Å². The molecule has 4 heteroatoms. The summed E-state index contributed by atoms with van der Waals surface area (Å²) in [7, 11) is 0. The molecular weight excluding hydrogens is 389 g/mol. The maximum absolute atomic E-state index is 6.10. The lowest BCUT2D eigenvalue weighted by atomic mass is 10.1. The van der Waals surface area contributed by atoms with Gasteiger partial charge in [0, 0.05) is 9.13 Å². The lowest BCUT2D eigenvalue weighted by Crippen LogP contribution is -1.81. The van der Waals surface area contributed by atoms with Gasteiger partial charge in [-0.05, 0) is 40.3 Å². The summed E-state index contributed by atoms with van der Waals surface area (Å²) in [5, 5.41) is 0. The van der Waals surface area contributed by atoms with Crippen LogP contribution in [0.25, 0.3) is 21.7 Å². The molecule has 0 amide bonds. The van der Waals surface area contributed by atoms with Crippen molar-refractivity contribution >= 4 is 45.5 Å². The molecule has 0 aliphatic carbocycles. The number of halogens is 2. The summed E-state index contributed by atoms with van der Waals surface area (Å²) in [6.07, 6.45) is 0. The maximum Gasteiger partial charge on any atom is 0.184 e. The fourth-order valence-electron chi connectivity index (χ4n) is 1.88. The predicted octanol–water partition coefficient (Wildman–Crippen LogP) is 5.74. The molecule has 0 saturated carbocycles. The Hall–Kier alpha value is -0.910. The highest BCUT2D eigenvalue weighted by atomic mass is 127. The number of thiazole rings is 1. The van der Waals surface area contributed by atoms with Crippen LogP contribution >= 0.6 is 45.5 Å². The normalized spacial score (nSPS) is 10.6. The average Bonchev–Trinajstić information content (AvgIpc) is 2.83. The van der Waals surface area contributed by atoms with E-state index in [0.29, 0.717) is 4.47 Å². The third-order valence-electron chi connectivity index (χ3n) is 2.75. The molecule has 0 radical (unpaired) electrons. The van der Waals surface area contributed by atoms with Gasteiger partial charge >= 0.3 is 0 Å². The van der Waals surface area contributed by atoms with Crippen LogP contribution in [0.4, 0.5) is 0 Å². The van der Waals surface area contributed by atoms with E-state index in [-0.39, 0.29) is 0 Å². The number of aromatic nitrogens is 1. The van der Waals surface area contributed by atoms with E-state index >= 15 is 0 Å². The van der Waals surface area contributed by atoms with Gasteiger partial charge in [-0.3, -0.25) is 0 Å². The Kier molecular flexibility index (Phi) is 3.86. The third kappa shape index (κ3) is 2.83. The Labute approximate surface area is 134 Å². The first-order valence-electron chi connectivity index (χ1n) is 5.72. The second-order valence-electron chi connectivity index (χ2n) is 4.02. The van der Waals surface area contributed by atoms with Crippen LogP contribution in [-0.4, -0.2) is 4.98 Å². The molecule has 0 saturated heterocycles. The Balaban J connectivity index is 2.15. The molecule has 0 unspecified atom stereocenters. The molecule has 1 heterocycles. The molecule has 0 N–H and O–H groups in total. The maximum atomic E-state index is 6.10. The molecule has 2 aromatic carbocycles. The molecule has 0 fully saturated rings. The molecule has 1 nitrogen and oxygen atoms in total. The molecule has 0 bridgehead atoms. The molecule has 1 aromatic heterocycles. The smallest absolute Gasteiger partial charge is 0.184 e. The summed E-state index contributed by atoms with van der Waals surface area (Å²) < 4.78 is 1.80. The molecule has 19 heavy (non-hydrogen) atoms. The quantitative estimate of drug-likeness (QED) is 0.503. The summed E-state index contributed by atoms with van der Waals surface area (Å²) in [5.74, 6) is 0. The molecule has 3 rings (SSSR count). The molecule has 3 aromatic rings. The highest BCUT2D eigenvalue weighted by Crippen LogP contribution is 2.38. The van der Waals surface area contributed by atoms with Gasteiger partial charge < -0.3 is 0 Å². The summed E-state index contributed by atoms with van der Waals surface area (Å²) in [6.45, 7) is 0. The van der Waals surface area contributed by atoms with E-state index in [1.165, 1.54) is 14.9 Å². The minimum atomic E-state index is 0.576. The number of hydrogen-bond donors (Lipinski definition) is 0. The second kappa shape index (κ2) is 5.61. The SMILES string of the molecule is Clc1nc(-c2ccccc2)c(-c2ccc(I)cc2)s1. The van der Waals surface area contributed by atoms with Crippen molar-refractivity contribution in [1.29, 1.82) is 0 Å². The lowest BCUT2D eigenvalue weighted by Gasteiger charge is -2.02. The average molecular weight is 398 g/mol. The van der Waals surface area contributed by atoms with Crippen LogP contribution in [0.1, 0.15) is 0 Å². The van der Waals surface area contributed by atoms with Crippen LogP contribution in [0.15, 0.2) is 54.6 Å². The summed E-state index contributed by atoms with van der Waals surface area (Å²) in [5.41, 5.74) is 3.21. The Morgan fingerprint density at radius 3 is 2.26 bits per heavy atom. The number of nitrogens with zero attached hydrogens (tertiary/aromatic N) is 1. The van der Waals surface area contributed by atoms with E-state index in [9.17, 15) is 0 Å². The standard InChI is InChI=1S/C15H9ClINS/c16-15-18-13(10-4-2-1-3-5-10)14(19-15)11-6-8-12(17)9-7-11/h1-9H. The zero-order valence-corrected chi connectivity index (χ0v) is 13.5. The van der Waals surface area contributed by atoms with Crippen molar-refractivity contribution in [2.24, 2.45) is 0 Å². The zero-order chi connectivity index (χ0) is 13.2. The van der Waals surface area contributed by atoms with E-state index in [0.717, 1.165) is 21.7 Å². The molecule has 0 spiro atoms. The van der Waals surface area contributed by atoms with Crippen LogP contribution in [0.5, 0.6) is 0 Å². The Morgan fingerprint density at radius 2 is 1.58 bits per heavy atom. The van der Waals surface area contributed by atoms with Crippen molar-refractivity contribution in [3.8, 4) is 21.7 Å². The van der Waals surface area contributed by atoms with Crippen LogP contribution in [-0.2, 0) is 0 Å². The zero-order valence-electron chi connectivity index (χ0n) is 9.81. The van der Waals surface area contributed by atoms with Crippen LogP contribution in [0.2, 0.25) is 4.47 Å². The van der Waals surface area contributed by atoms with Gasteiger partial charge in [0.2, 0.25) is 0 Å². The van der Waals surface area contributed by atoms with Gasteiger partial charge in [0.25, 0.3) is 0 Å². The van der Waals surface area contributed by atoms with E-state index in [4.69, 9.17) is 11.6 Å². The summed E-state index contributed by atoms with van der Waals surface area (Å²) >= 11 is 9.93. The van der Waals surface area contributed by atoms with Crippen molar-refractivity contribution in [3.05, 3.63) is 62.6 Å². The molecular formula is C15H9ClINS. The lowest BCUT2D eigenvalue weighted by molar-refractivity contribution is 1.41. The van der Waals surface area contributed by atoms with Crippen LogP contribution < -0.4 is 0 Å². The van der Waals surface area contributed by atoms with Gasteiger partial charge in [-0.15, -0.1) is 11.3 Å². The van der Waals surface area contributed by atoms with E-state index in [2.05, 4.69) is 64.0 Å². The number of hydrogen-bond acceptors (Lipinski definition) is 2. The first kappa shape index (κ1) is 13.1. The molecule has 0 aliphatic rings. The predicted molar refractivity (Wildman–Crippen MR) is 90.7 cm³/mol. The minimum Gasteiger partial charge on any atom is -0.224 e. The number of benzene rings is 2.